The Kier molecular flexibility index (Phi) is 0.667. The van der Waals surface area contributed by atoms with E-state index in [0.29, 0.717) is 5.54 Å². The highest BCUT2D eigenvalue weighted by Crippen LogP contribution is 2.41. The van der Waals surface area contributed by atoms with Crippen LogP contribution in [0.3, 0.4) is 0 Å². The molecule has 0 unspecified atom stereocenters. The Hall–Kier alpha value is -0.0400. The van der Waals surface area contributed by atoms with Gasteiger partial charge in [0.25, 0.3) is 0 Å². The molecule has 0 spiro atoms. The maximum atomic E-state index is 4.13. The zero-order valence-corrected chi connectivity index (χ0v) is 4.36. The SMILES string of the molecule is C[N-]C1(C)CC1. The first-order chi connectivity index (χ1) is 2.77. The molecule has 0 saturated heterocycles. The van der Waals surface area contributed by atoms with Crippen molar-refractivity contribution in [3.05, 3.63) is 5.32 Å². The minimum atomic E-state index is 0.417. The van der Waals surface area contributed by atoms with Crippen LogP contribution in [0.5, 0.6) is 0 Å². The second kappa shape index (κ2) is 0.969. The molecule has 0 N–H and O–H groups in total. The zero-order chi connectivity index (χ0) is 4.62. The van der Waals surface area contributed by atoms with Crippen LogP contribution in [-0.4, -0.2) is 12.6 Å². The van der Waals surface area contributed by atoms with Crippen LogP contribution in [0.1, 0.15) is 19.8 Å². The number of hydrogen-bond donors (Lipinski definition) is 0. The molecule has 0 radical (unpaired) electrons. The van der Waals surface area contributed by atoms with Gasteiger partial charge in [0.1, 0.15) is 0 Å². The predicted molar refractivity (Wildman–Crippen MR) is 26.9 cm³/mol. The monoisotopic (exact) mass is 84.1 g/mol. The normalized spacial score (nSPS) is 27.0. The van der Waals surface area contributed by atoms with E-state index in [2.05, 4.69) is 12.2 Å². The van der Waals surface area contributed by atoms with E-state index in [1.54, 1.807) is 0 Å². The molecule has 0 heterocycles. The summed E-state index contributed by atoms with van der Waals surface area (Å²) in [5, 5.41) is 4.13. The van der Waals surface area contributed by atoms with Gasteiger partial charge in [0, 0.05) is 0 Å². The van der Waals surface area contributed by atoms with E-state index < -0.39 is 0 Å². The summed E-state index contributed by atoms with van der Waals surface area (Å²) < 4.78 is 0. The fourth-order valence-electron chi connectivity index (χ4n) is 0.405. The first kappa shape index (κ1) is 4.13. The fourth-order valence-corrected chi connectivity index (χ4v) is 0.405. The van der Waals surface area contributed by atoms with Crippen molar-refractivity contribution < 1.29 is 0 Å². The van der Waals surface area contributed by atoms with Gasteiger partial charge in [-0.3, -0.25) is 0 Å². The third-order valence-corrected chi connectivity index (χ3v) is 1.51. The van der Waals surface area contributed by atoms with E-state index in [0.717, 1.165) is 0 Å². The maximum absolute atomic E-state index is 4.13. The number of rotatable bonds is 1. The summed E-state index contributed by atoms with van der Waals surface area (Å²) >= 11 is 0. The molecule has 1 aliphatic rings. The Labute approximate surface area is 38.7 Å². The summed E-state index contributed by atoms with van der Waals surface area (Å²) in [6.45, 7) is 2.19. The van der Waals surface area contributed by atoms with Gasteiger partial charge in [-0.25, -0.2) is 0 Å². The summed E-state index contributed by atoms with van der Waals surface area (Å²) in [7, 11) is 1.90. The average Bonchev–Trinajstić information content (AvgIpc) is 2.22. The van der Waals surface area contributed by atoms with Crippen molar-refractivity contribution in [3.63, 3.8) is 0 Å². The van der Waals surface area contributed by atoms with Gasteiger partial charge < -0.3 is 5.32 Å². The summed E-state index contributed by atoms with van der Waals surface area (Å²) in [6, 6.07) is 0. The Morgan fingerprint density at radius 1 is 1.50 bits per heavy atom. The quantitative estimate of drug-likeness (QED) is 0.457. The molecule has 1 saturated carbocycles. The standard InChI is InChI=1S/C5H10N/c1-5(6-2)3-4-5/h3-4H2,1-2H3/q-1. The van der Waals surface area contributed by atoms with Gasteiger partial charge in [0.05, 0.1) is 0 Å². The summed E-state index contributed by atoms with van der Waals surface area (Å²) in [5.41, 5.74) is 0.417. The van der Waals surface area contributed by atoms with Crippen LogP contribution in [0.25, 0.3) is 5.32 Å². The Bertz CT molecular complexity index is 55.0. The van der Waals surface area contributed by atoms with Gasteiger partial charge in [-0.2, -0.15) is 7.05 Å². The summed E-state index contributed by atoms with van der Waals surface area (Å²) in [6.07, 6.45) is 2.62. The van der Waals surface area contributed by atoms with Crippen LogP contribution >= 0.6 is 0 Å². The van der Waals surface area contributed by atoms with Gasteiger partial charge in [-0.15, -0.1) is 5.54 Å². The van der Waals surface area contributed by atoms with E-state index in [-0.39, 0.29) is 0 Å². The molecule has 0 aromatic heterocycles. The highest BCUT2D eigenvalue weighted by molar-refractivity contribution is 5.11. The Morgan fingerprint density at radius 3 is 2.00 bits per heavy atom. The highest BCUT2D eigenvalue weighted by Gasteiger charge is 2.24. The maximum Gasteiger partial charge on any atom is -0.0680 e. The third kappa shape index (κ3) is 0.548. The van der Waals surface area contributed by atoms with Gasteiger partial charge in [-0.1, -0.05) is 19.8 Å². The second-order valence-corrected chi connectivity index (χ2v) is 2.22. The Balaban J connectivity index is 2.28. The van der Waals surface area contributed by atoms with Crippen LogP contribution in [0.4, 0.5) is 0 Å². The lowest BCUT2D eigenvalue weighted by atomic mass is 10.3. The zero-order valence-electron chi connectivity index (χ0n) is 4.36. The molecule has 0 bridgehead atoms. The highest BCUT2D eigenvalue weighted by atomic mass is 15.0. The van der Waals surface area contributed by atoms with Gasteiger partial charge >= 0.3 is 0 Å². The molecule has 0 aromatic carbocycles. The molecule has 0 aliphatic heterocycles. The Morgan fingerprint density at radius 2 is 2.00 bits per heavy atom. The number of nitrogens with zero attached hydrogens (tertiary/aromatic N) is 1. The third-order valence-electron chi connectivity index (χ3n) is 1.51. The average molecular weight is 84.1 g/mol. The van der Waals surface area contributed by atoms with Crippen molar-refractivity contribution in [2.24, 2.45) is 0 Å². The van der Waals surface area contributed by atoms with Gasteiger partial charge in [-0.05, 0) is 0 Å². The topological polar surface area (TPSA) is 14.1 Å². The fraction of sp³-hybridized carbons (Fsp3) is 1.00. The van der Waals surface area contributed by atoms with Gasteiger partial charge in [0.2, 0.25) is 0 Å². The molecular weight excluding hydrogens is 74.1 g/mol. The lowest BCUT2D eigenvalue weighted by molar-refractivity contribution is 0.860. The lowest BCUT2D eigenvalue weighted by Gasteiger charge is -2.19. The molecule has 36 valence electrons. The summed E-state index contributed by atoms with van der Waals surface area (Å²) in [5.74, 6) is 0. The molecule has 0 atom stereocenters. The van der Waals surface area contributed by atoms with E-state index in [1.165, 1.54) is 12.8 Å². The van der Waals surface area contributed by atoms with E-state index >= 15 is 0 Å². The molecule has 1 aliphatic carbocycles. The first-order valence-corrected chi connectivity index (χ1v) is 2.38. The molecule has 1 fully saturated rings. The molecule has 1 rings (SSSR count). The first-order valence-electron chi connectivity index (χ1n) is 2.38. The van der Waals surface area contributed by atoms with Gasteiger partial charge in [0.15, 0.2) is 0 Å². The van der Waals surface area contributed by atoms with Crippen molar-refractivity contribution in [3.8, 4) is 0 Å². The predicted octanol–water partition coefficient (Wildman–Crippen LogP) is 1.54. The smallest absolute Gasteiger partial charge is 0.0680 e. The van der Waals surface area contributed by atoms with E-state index in [4.69, 9.17) is 0 Å². The van der Waals surface area contributed by atoms with Crippen molar-refractivity contribution in [1.82, 2.24) is 0 Å². The number of hydrogen-bond acceptors (Lipinski definition) is 0. The van der Waals surface area contributed by atoms with Crippen molar-refractivity contribution in [2.45, 2.75) is 25.3 Å². The van der Waals surface area contributed by atoms with Crippen LogP contribution < -0.4 is 0 Å². The van der Waals surface area contributed by atoms with Crippen molar-refractivity contribution >= 4 is 0 Å². The second-order valence-electron chi connectivity index (χ2n) is 2.22. The van der Waals surface area contributed by atoms with E-state index in [9.17, 15) is 0 Å². The molecule has 1 nitrogen and oxygen atoms in total. The van der Waals surface area contributed by atoms with Crippen LogP contribution in [-0.2, 0) is 0 Å². The largest absolute Gasteiger partial charge is 0.660 e. The molecule has 0 amide bonds. The molecular formula is C5H10N-. The molecule has 1 heteroatoms. The van der Waals surface area contributed by atoms with Crippen LogP contribution in [0.15, 0.2) is 0 Å². The van der Waals surface area contributed by atoms with Crippen LogP contribution in [0.2, 0.25) is 0 Å². The minimum Gasteiger partial charge on any atom is -0.660 e. The van der Waals surface area contributed by atoms with Crippen molar-refractivity contribution in [2.75, 3.05) is 7.05 Å². The van der Waals surface area contributed by atoms with Crippen LogP contribution in [0, 0.1) is 0 Å². The minimum absolute atomic E-state index is 0.417. The summed E-state index contributed by atoms with van der Waals surface area (Å²) in [4.78, 5) is 0. The lowest BCUT2D eigenvalue weighted by Crippen LogP contribution is -1.94. The van der Waals surface area contributed by atoms with Crippen molar-refractivity contribution in [1.29, 1.82) is 0 Å². The van der Waals surface area contributed by atoms with E-state index in [1.807, 2.05) is 7.05 Å². The molecule has 0 aromatic rings. The molecule has 6 heavy (non-hydrogen) atoms.